The van der Waals surface area contributed by atoms with E-state index in [4.69, 9.17) is 4.74 Å². The zero-order valence-corrected chi connectivity index (χ0v) is 10.7. The first-order valence-corrected chi connectivity index (χ1v) is 6.37. The third-order valence-electron chi connectivity index (χ3n) is 3.47. The Hall–Kier alpha value is -2.00. The molecule has 0 saturated carbocycles. The molecule has 1 aliphatic heterocycles. The molecule has 1 aliphatic rings. The normalized spacial score (nSPS) is 21.6. The smallest absolute Gasteiger partial charge is 0.127 e. The van der Waals surface area contributed by atoms with E-state index in [2.05, 4.69) is 0 Å². The van der Waals surface area contributed by atoms with Crippen LogP contribution in [0.2, 0.25) is 0 Å². The van der Waals surface area contributed by atoms with Gasteiger partial charge in [0.05, 0.1) is 6.10 Å². The molecule has 2 N–H and O–H groups in total. The van der Waals surface area contributed by atoms with Crippen LogP contribution >= 0.6 is 0 Å². The Morgan fingerprint density at radius 3 is 2.79 bits per heavy atom. The second-order valence-corrected chi connectivity index (χ2v) is 4.99. The summed E-state index contributed by atoms with van der Waals surface area (Å²) in [6.07, 6.45) is -0.256. The maximum absolute atomic E-state index is 10.2. The standard InChI is InChI=1S/C16H16O3/c1-10-5-6-15-13(7-10)14(18)9-16(19-15)11-3-2-4-12(17)8-11/h2-8,14,16-18H,9H2,1H3/t14-,16?/m1/s1. The third-order valence-corrected chi connectivity index (χ3v) is 3.47. The molecule has 0 radical (unpaired) electrons. The van der Waals surface area contributed by atoms with Crippen molar-refractivity contribution in [1.29, 1.82) is 0 Å². The maximum Gasteiger partial charge on any atom is 0.127 e. The van der Waals surface area contributed by atoms with Crippen LogP contribution in [-0.4, -0.2) is 10.2 Å². The SMILES string of the molecule is Cc1ccc2c(c1)[C@H](O)CC(c1cccc(O)c1)O2. The summed E-state index contributed by atoms with van der Waals surface area (Å²) in [5, 5.41) is 19.8. The van der Waals surface area contributed by atoms with Crippen LogP contribution in [0.1, 0.15) is 35.3 Å². The lowest BCUT2D eigenvalue weighted by atomic mass is 9.94. The molecule has 0 spiro atoms. The van der Waals surface area contributed by atoms with Crippen LogP contribution in [0.3, 0.4) is 0 Å². The fourth-order valence-electron chi connectivity index (χ4n) is 2.50. The van der Waals surface area contributed by atoms with Gasteiger partial charge < -0.3 is 14.9 Å². The van der Waals surface area contributed by atoms with Crippen molar-refractivity contribution in [1.82, 2.24) is 0 Å². The van der Waals surface area contributed by atoms with E-state index >= 15 is 0 Å². The Morgan fingerprint density at radius 1 is 1.16 bits per heavy atom. The molecule has 0 amide bonds. The van der Waals surface area contributed by atoms with Gasteiger partial charge in [0.1, 0.15) is 17.6 Å². The summed E-state index contributed by atoms with van der Waals surface area (Å²) in [6.45, 7) is 1.99. The van der Waals surface area contributed by atoms with Crippen molar-refractivity contribution in [2.24, 2.45) is 0 Å². The van der Waals surface area contributed by atoms with Gasteiger partial charge in [-0.2, -0.15) is 0 Å². The Bertz CT molecular complexity index is 607. The summed E-state index contributed by atoms with van der Waals surface area (Å²) in [5.74, 6) is 0.933. The number of benzene rings is 2. The van der Waals surface area contributed by atoms with Crippen LogP contribution in [-0.2, 0) is 0 Å². The minimum Gasteiger partial charge on any atom is -0.508 e. The number of hydrogen-bond donors (Lipinski definition) is 2. The van der Waals surface area contributed by atoms with Crippen molar-refractivity contribution >= 4 is 0 Å². The van der Waals surface area contributed by atoms with Gasteiger partial charge in [0, 0.05) is 12.0 Å². The number of aliphatic hydroxyl groups excluding tert-OH is 1. The van der Waals surface area contributed by atoms with Crippen molar-refractivity contribution in [3.8, 4) is 11.5 Å². The van der Waals surface area contributed by atoms with Crippen molar-refractivity contribution < 1.29 is 14.9 Å². The maximum atomic E-state index is 10.2. The highest BCUT2D eigenvalue weighted by Crippen LogP contribution is 2.41. The minimum absolute atomic E-state index is 0.213. The van der Waals surface area contributed by atoms with Crippen molar-refractivity contribution in [2.45, 2.75) is 25.6 Å². The van der Waals surface area contributed by atoms with E-state index in [1.807, 2.05) is 31.2 Å². The average molecular weight is 256 g/mol. The summed E-state index contributed by atoms with van der Waals surface area (Å²) >= 11 is 0. The number of rotatable bonds is 1. The number of fused-ring (bicyclic) bond motifs is 1. The monoisotopic (exact) mass is 256 g/mol. The Morgan fingerprint density at radius 2 is 2.00 bits per heavy atom. The number of aromatic hydroxyl groups is 1. The summed E-state index contributed by atoms with van der Waals surface area (Å²) in [4.78, 5) is 0. The second-order valence-electron chi connectivity index (χ2n) is 4.99. The number of aliphatic hydroxyl groups is 1. The highest BCUT2D eigenvalue weighted by atomic mass is 16.5. The predicted molar refractivity (Wildman–Crippen MR) is 72.2 cm³/mol. The Kier molecular flexibility index (Phi) is 2.91. The van der Waals surface area contributed by atoms with Crippen molar-refractivity contribution in [3.63, 3.8) is 0 Å². The Balaban J connectivity index is 1.95. The molecular weight excluding hydrogens is 240 g/mol. The van der Waals surface area contributed by atoms with E-state index in [9.17, 15) is 10.2 Å². The van der Waals surface area contributed by atoms with E-state index in [1.54, 1.807) is 18.2 Å². The van der Waals surface area contributed by atoms with Gasteiger partial charge in [0.25, 0.3) is 0 Å². The molecule has 1 unspecified atom stereocenters. The van der Waals surface area contributed by atoms with Crippen LogP contribution in [0.4, 0.5) is 0 Å². The quantitative estimate of drug-likeness (QED) is 0.823. The first-order valence-electron chi connectivity index (χ1n) is 6.37. The zero-order chi connectivity index (χ0) is 13.4. The molecule has 0 saturated heterocycles. The number of phenolic OH excluding ortho intramolecular Hbond substituents is 1. The van der Waals surface area contributed by atoms with E-state index in [1.165, 1.54) is 0 Å². The zero-order valence-electron chi connectivity index (χ0n) is 10.7. The minimum atomic E-state index is -0.531. The van der Waals surface area contributed by atoms with Gasteiger partial charge in [-0.15, -0.1) is 0 Å². The summed E-state index contributed by atoms with van der Waals surface area (Å²) in [7, 11) is 0. The van der Waals surface area contributed by atoms with Gasteiger partial charge in [-0.1, -0.05) is 23.8 Å². The lowest BCUT2D eigenvalue weighted by Crippen LogP contribution is -2.19. The summed E-state index contributed by atoms with van der Waals surface area (Å²) in [6, 6.07) is 12.8. The molecular formula is C16H16O3. The molecule has 0 fully saturated rings. The number of phenols is 1. The van der Waals surface area contributed by atoms with Crippen LogP contribution in [0, 0.1) is 6.92 Å². The molecule has 0 bridgehead atoms. The Labute approximate surface area is 112 Å². The third kappa shape index (κ3) is 2.29. The summed E-state index contributed by atoms with van der Waals surface area (Å²) in [5.41, 5.74) is 2.83. The van der Waals surface area contributed by atoms with Crippen molar-refractivity contribution in [2.75, 3.05) is 0 Å². The molecule has 98 valence electrons. The lowest BCUT2D eigenvalue weighted by Gasteiger charge is -2.30. The molecule has 2 atom stereocenters. The second kappa shape index (κ2) is 4.59. The first kappa shape index (κ1) is 12.1. The molecule has 0 aliphatic carbocycles. The summed E-state index contributed by atoms with van der Waals surface area (Å²) < 4.78 is 5.93. The molecule has 3 rings (SSSR count). The van der Waals surface area contributed by atoms with Crippen LogP contribution in [0.5, 0.6) is 11.5 Å². The van der Waals surface area contributed by atoms with E-state index in [0.717, 1.165) is 22.4 Å². The van der Waals surface area contributed by atoms with Gasteiger partial charge in [0.2, 0.25) is 0 Å². The van der Waals surface area contributed by atoms with Gasteiger partial charge in [0.15, 0.2) is 0 Å². The van der Waals surface area contributed by atoms with Gasteiger partial charge >= 0.3 is 0 Å². The van der Waals surface area contributed by atoms with Gasteiger partial charge in [-0.25, -0.2) is 0 Å². The van der Waals surface area contributed by atoms with Gasteiger partial charge in [-0.3, -0.25) is 0 Å². The molecule has 0 aromatic heterocycles. The molecule has 19 heavy (non-hydrogen) atoms. The topological polar surface area (TPSA) is 49.7 Å². The largest absolute Gasteiger partial charge is 0.508 e. The number of hydrogen-bond acceptors (Lipinski definition) is 3. The molecule has 2 aromatic rings. The molecule has 3 nitrogen and oxygen atoms in total. The predicted octanol–water partition coefficient (Wildman–Crippen LogP) is 3.26. The number of aryl methyl sites for hydroxylation is 1. The average Bonchev–Trinajstić information content (AvgIpc) is 2.39. The van der Waals surface area contributed by atoms with Crippen LogP contribution in [0.15, 0.2) is 42.5 Å². The van der Waals surface area contributed by atoms with E-state index in [0.29, 0.717) is 6.42 Å². The van der Waals surface area contributed by atoms with Crippen molar-refractivity contribution in [3.05, 3.63) is 59.2 Å². The van der Waals surface area contributed by atoms with Crippen LogP contribution in [0.25, 0.3) is 0 Å². The first-order chi connectivity index (χ1) is 9.13. The molecule has 3 heteroatoms. The molecule has 1 heterocycles. The fourth-order valence-corrected chi connectivity index (χ4v) is 2.50. The van der Waals surface area contributed by atoms with Gasteiger partial charge in [-0.05, 0) is 36.8 Å². The van der Waals surface area contributed by atoms with E-state index < -0.39 is 6.10 Å². The molecule has 2 aromatic carbocycles. The highest BCUT2D eigenvalue weighted by Gasteiger charge is 2.28. The number of ether oxygens (including phenoxy) is 1. The van der Waals surface area contributed by atoms with E-state index in [-0.39, 0.29) is 11.9 Å². The lowest BCUT2D eigenvalue weighted by molar-refractivity contribution is 0.0655. The fraction of sp³-hybridized carbons (Fsp3) is 0.250. The van der Waals surface area contributed by atoms with Crippen LogP contribution < -0.4 is 4.74 Å². The highest BCUT2D eigenvalue weighted by molar-refractivity contribution is 5.41.